The highest BCUT2D eigenvalue weighted by Gasteiger charge is 2.58. The van der Waals surface area contributed by atoms with Crippen LogP contribution in [0.25, 0.3) is 16.7 Å². The van der Waals surface area contributed by atoms with Crippen LogP contribution in [0.4, 0.5) is 13.2 Å². The molecule has 120 valence electrons. The Hall–Kier alpha value is -1.64. The highest BCUT2D eigenvalue weighted by Crippen LogP contribution is 2.38. The van der Waals surface area contributed by atoms with E-state index in [2.05, 4.69) is 11.9 Å². The van der Waals surface area contributed by atoms with Gasteiger partial charge in [-0.3, -0.25) is 0 Å². The second-order valence-electron chi connectivity index (χ2n) is 4.59. The zero-order valence-electron chi connectivity index (χ0n) is 11.6. The van der Waals surface area contributed by atoms with E-state index in [-0.39, 0.29) is 5.76 Å². The van der Waals surface area contributed by atoms with E-state index in [9.17, 15) is 13.2 Å². The number of rotatable bonds is 5. The molecule has 8 heteroatoms. The lowest BCUT2D eigenvalue weighted by Crippen LogP contribution is -2.42. The summed E-state index contributed by atoms with van der Waals surface area (Å²) in [6.07, 6.45) is 1.60. The molecule has 0 unspecified atom stereocenters. The average molecular weight is 333 g/mol. The second-order valence-corrected chi connectivity index (χ2v) is 5.71. The van der Waals surface area contributed by atoms with Gasteiger partial charge in [-0.2, -0.15) is 13.2 Å². The molecular formula is C14H14F3NO3S. The minimum absolute atomic E-state index is 0.0480. The Morgan fingerprint density at radius 2 is 2.05 bits per heavy atom. The van der Waals surface area contributed by atoms with Crippen molar-refractivity contribution in [3.8, 4) is 10.6 Å². The van der Waals surface area contributed by atoms with Gasteiger partial charge in [-0.1, -0.05) is 19.4 Å². The minimum atomic E-state index is -5.29. The van der Waals surface area contributed by atoms with Gasteiger partial charge >= 0.3 is 12.0 Å². The summed E-state index contributed by atoms with van der Waals surface area (Å²) in [5.41, 5.74) is 0. The van der Waals surface area contributed by atoms with Gasteiger partial charge in [0.15, 0.2) is 5.76 Å². The Morgan fingerprint density at radius 1 is 1.32 bits per heavy atom. The number of hydrogen-bond acceptors (Lipinski definition) is 5. The zero-order valence-corrected chi connectivity index (χ0v) is 12.4. The lowest BCUT2D eigenvalue weighted by atomic mass is 10.3. The van der Waals surface area contributed by atoms with Crippen molar-refractivity contribution < 1.29 is 27.8 Å². The van der Waals surface area contributed by atoms with Crippen LogP contribution in [0.3, 0.4) is 0 Å². The molecule has 0 aliphatic carbocycles. The molecule has 0 aromatic carbocycles. The highest BCUT2D eigenvalue weighted by atomic mass is 32.1. The molecule has 0 aliphatic rings. The Kier molecular flexibility index (Phi) is 4.74. The van der Waals surface area contributed by atoms with E-state index in [0.29, 0.717) is 4.88 Å². The van der Waals surface area contributed by atoms with E-state index in [1.165, 1.54) is 11.3 Å². The lowest BCUT2D eigenvalue weighted by Gasteiger charge is -2.20. The molecule has 0 amide bonds. The van der Waals surface area contributed by atoms with Crippen LogP contribution in [-0.4, -0.2) is 21.4 Å². The minimum Gasteiger partial charge on any atom is -0.434 e. The van der Waals surface area contributed by atoms with Crippen LogP contribution in [-0.2, 0) is 5.79 Å². The summed E-state index contributed by atoms with van der Waals surface area (Å²) in [7, 11) is 0. The monoisotopic (exact) mass is 333 g/mol. The number of aliphatic hydroxyl groups is 2. The molecule has 0 spiro atoms. The molecule has 2 heterocycles. The Bertz CT molecular complexity index is 658. The highest BCUT2D eigenvalue weighted by molar-refractivity contribution is 7.16. The molecule has 2 aromatic heterocycles. The summed E-state index contributed by atoms with van der Waals surface area (Å²) >= 11 is 1.30. The molecule has 0 bridgehead atoms. The normalized spacial score (nSPS) is 13.2. The van der Waals surface area contributed by atoms with Crippen molar-refractivity contribution in [1.29, 1.82) is 0 Å². The first-order chi connectivity index (χ1) is 10.3. The summed E-state index contributed by atoms with van der Waals surface area (Å²) in [6.45, 7) is 2.05. The van der Waals surface area contributed by atoms with Crippen molar-refractivity contribution in [2.45, 2.75) is 31.7 Å². The first-order valence-corrected chi connectivity index (χ1v) is 7.32. The van der Waals surface area contributed by atoms with Crippen molar-refractivity contribution in [3.05, 3.63) is 35.2 Å². The third-order valence-electron chi connectivity index (χ3n) is 2.81. The third kappa shape index (κ3) is 3.40. The fraction of sp³-hybridized carbons (Fsp3) is 0.357. The van der Waals surface area contributed by atoms with Gasteiger partial charge in [0.25, 0.3) is 5.89 Å². The van der Waals surface area contributed by atoms with Gasteiger partial charge in [0.05, 0.1) is 11.1 Å². The first-order valence-electron chi connectivity index (χ1n) is 6.50. The van der Waals surface area contributed by atoms with Crippen LogP contribution in [0.2, 0.25) is 0 Å². The summed E-state index contributed by atoms with van der Waals surface area (Å²) in [6, 6.07) is 3.47. The number of unbranched alkanes of at least 4 members (excludes halogenated alkanes) is 1. The average Bonchev–Trinajstić information content (AvgIpc) is 3.06. The van der Waals surface area contributed by atoms with Gasteiger partial charge in [0.1, 0.15) is 0 Å². The topological polar surface area (TPSA) is 66.5 Å². The maximum Gasteiger partial charge on any atom is 0.453 e. The van der Waals surface area contributed by atoms with E-state index in [4.69, 9.17) is 14.6 Å². The largest absolute Gasteiger partial charge is 0.453 e. The van der Waals surface area contributed by atoms with Crippen LogP contribution in [0, 0.1) is 0 Å². The molecule has 4 nitrogen and oxygen atoms in total. The molecule has 0 saturated heterocycles. The molecule has 0 aliphatic heterocycles. The number of hydrogen-bond donors (Lipinski definition) is 2. The van der Waals surface area contributed by atoms with Gasteiger partial charge in [-0.25, -0.2) is 4.98 Å². The Morgan fingerprint density at radius 3 is 2.68 bits per heavy atom. The molecular weight excluding hydrogens is 319 g/mol. The molecule has 0 atom stereocenters. The molecule has 2 aromatic rings. The van der Waals surface area contributed by atoms with Gasteiger partial charge < -0.3 is 14.6 Å². The van der Waals surface area contributed by atoms with Gasteiger partial charge in [-0.15, -0.1) is 11.3 Å². The summed E-state index contributed by atoms with van der Waals surface area (Å²) < 4.78 is 42.4. The predicted octanol–water partition coefficient (Wildman–Crippen LogP) is 3.92. The van der Waals surface area contributed by atoms with Gasteiger partial charge in [-0.05, 0) is 24.6 Å². The maximum absolute atomic E-state index is 12.5. The van der Waals surface area contributed by atoms with Crippen molar-refractivity contribution in [3.63, 3.8) is 0 Å². The standard InChI is InChI=1S/C14H14F3NO3S/c1-2-3-4-5-9-6-7-11(22-9)10-8-18-12(21-10)13(19,20)14(15,16)17/h4-8,19-20H,2-3H2,1H3/b5-4+. The van der Waals surface area contributed by atoms with Crippen LogP contribution in [0.5, 0.6) is 0 Å². The number of nitrogens with zero attached hydrogens (tertiary/aromatic N) is 1. The molecule has 22 heavy (non-hydrogen) atoms. The summed E-state index contributed by atoms with van der Waals surface area (Å²) in [4.78, 5) is 4.78. The van der Waals surface area contributed by atoms with E-state index in [1.807, 2.05) is 12.2 Å². The quantitative estimate of drug-likeness (QED) is 0.814. The van der Waals surface area contributed by atoms with Crippen molar-refractivity contribution in [1.82, 2.24) is 4.98 Å². The molecule has 2 rings (SSSR count). The Labute approximate surface area is 128 Å². The van der Waals surface area contributed by atoms with Crippen molar-refractivity contribution >= 4 is 17.4 Å². The van der Waals surface area contributed by atoms with E-state index in [1.54, 1.807) is 12.1 Å². The zero-order chi connectivity index (χ0) is 16.4. The number of halogens is 3. The number of allylic oxidation sites excluding steroid dienone is 1. The summed E-state index contributed by atoms with van der Waals surface area (Å²) in [5.74, 6) is -5.26. The predicted molar refractivity (Wildman–Crippen MR) is 75.9 cm³/mol. The van der Waals surface area contributed by atoms with Crippen LogP contribution in [0.15, 0.2) is 28.8 Å². The van der Waals surface area contributed by atoms with E-state index < -0.39 is 17.9 Å². The Balaban J connectivity index is 2.22. The fourth-order valence-electron chi connectivity index (χ4n) is 1.61. The molecule has 0 fully saturated rings. The molecule has 0 saturated carbocycles. The number of oxazole rings is 1. The van der Waals surface area contributed by atoms with E-state index in [0.717, 1.165) is 23.9 Å². The van der Waals surface area contributed by atoms with Crippen LogP contribution >= 0.6 is 11.3 Å². The van der Waals surface area contributed by atoms with Crippen molar-refractivity contribution in [2.24, 2.45) is 0 Å². The number of aromatic nitrogens is 1. The van der Waals surface area contributed by atoms with Gasteiger partial charge in [0, 0.05) is 4.88 Å². The first kappa shape index (κ1) is 16.7. The molecule has 2 N–H and O–H groups in total. The fourth-order valence-corrected chi connectivity index (χ4v) is 2.50. The second kappa shape index (κ2) is 6.23. The van der Waals surface area contributed by atoms with Gasteiger partial charge in [0.2, 0.25) is 0 Å². The molecule has 0 radical (unpaired) electrons. The number of thiophene rings is 1. The van der Waals surface area contributed by atoms with E-state index >= 15 is 0 Å². The number of alkyl halides is 3. The van der Waals surface area contributed by atoms with Crippen LogP contribution in [0.1, 0.15) is 30.5 Å². The maximum atomic E-state index is 12.5. The third-order valence-corrected chi connectivity index (χ3v) is 3.87. The summed E-state index contributed by atoms with van der Waals surface area (Å²) in [5, 5.41) is 18.2. The van der Waals surface area contributed by atoms with Crippen molar-refractivity contribution in [2.75, 3.05) is 0 Å². The SMILES string of the molecule is CCC/C=C/c1ccc(-c2cnc(C(O)(O)C(F)(F)F)o2)s1. The van der Waals surface area contributed by atoms with Crippen LogP contribution < -0.4 is 0 Å². The lowest BCUT2D eigenvalue weighted by molar-refractivity contribution is -0.366. The smallest absolute Gasteiger partial charge is 0.434 e.